The molecule has 0 aliphatic heterocycles. The van der Waals surface area contributed by atoms with Crippen molar-refractivity contribution < 1.29 is 9.90 Å². The van der Waals surface area contributed by atoms with E-state index in [4.69, 9.17) is 0 Å². The van der Waals surface area contributed by atoms with Crippen LogP contribution in [0, 0.1) is 5.92 Å². The zero-order chi connectivity index (χ0) is 11.3. The average molecular weight is 224 g/mol. The normalized spacial score (nSPS) is 14.6. The van der Waals surface area contributed by atoms with Gasteiger partial charge in [0.2, 0.25) is 0 Å². The van der Waals surface area contributed by atoms with Crippen molar-refractivity contribution in [1.29, 1.82) is 0 Å². The summed E-state index contributed by atoms with van der Waals surface area (Å²) in [6.45, 7) is 3.65. The Morgan fingerprint density at radius 1 is 1.40 bits per heavy atom. The van der Waals surface area contributed by atoms with E-state index in [2.05, 4.69) is 0 Å². The molecule has 2 nitrogen and oxygen atoms in total. The third kappa shape index (κ3) is 3.68. The van der Waals surface area contributed by atoms with Crippen molar-refractivity contribution in [3.05, 3.63) is 30.3 Å². The molecule has 0 fully saturated rings. The summed E-state index contributed by atoms with van der Waals surface area (Å²) in [4.78, 5) is 12.6. The molecule has 0 radical (unpaired) electrons. The van der Waals surface area contributed by atoms with Crippen molar-refractivity contribution in [2.75, 3.05) is 0 Å². The predicted octanol–water partition coefficient (Wildman–Crippen LogP) is 2.71. The third-order valence-electron chi connectivity index (χ3n) is 2.33. The van der Waals surface area contributed by atoms with Crippen LogP contribution in [0.3, 0.4) is 0 Å². The van der Waals surface area contributed by atoms with Crippen LogP contribution in [0.4, 0.5) is 0 Å². The van der Waals surface area contributed by atoms with Gasteiger partial charge < -0.3 is 5.11 Å². The van der Waals surface area contributed by atoms with Crippen molar-refractivity contribution in [3.63, 3.8) is 0 Å². The Kier molecular flexibility index (Phi) is 4.85. The average Bonchev–Trinajstić information content (AvgIpc) is 2.28. The molecule has 1 N–H and O–H groups in total. The summed E-state index contributed by atoms with van der Waals surface area (Å²) < 4.78 is 0. The lowest BCUT2D eigenvalue weighted by atomic mass is 10.1. The van der Waals surface area contributed by atoms with Crippen LogP contribution in [-0.2, 0) is 4.79 Å². The van der Waals surface area contributed by atoms with Crippen LogP contribution in [0.2, 0.25) is 0 Å². The highest BCUT2D eigenvalue weighted by molar-refractivity contribution is 8.13. The van der Waals surface area contributed by atoms with Gasteiger partial charge >= 0.3 is 0 Å². The molecule has 1 aromatic carbocycles. The highest BCUT2D eigenvalue weighted by Gasteiger charge is 2.21. The van der Waals surface area contributed by atoms with Gasteiger partial charge in [0.1, 0.15) is 0 Å². The molecule has 0 spiro atoms. The molecule has 82 valence electrons. The van der Waals surface area contributed by atoms with Crippen molar-refractivity contribution in [3.8, 4) is 0 Å². The van der Waals surface area contributed by atoms with E-state index in [-0.39, 0.29) is 11.0 Å². The molecule has 0 aliphatic rings. The van der Waals surface area contributed by atoms with Crippen LogP contribution >= 0.6 is 11.8 Å². The number of carbonyl (C=O) groups is 1. The maximum atomic E-state index is 11.7. The molecule has 15 heavy (non-hydrogen) atoms. The number of rotatable bonds is 4. The monoisotopic (exact) mass is 224 g/mol. The van der Waals surface area contributed by atoms with Gasteiger partial charge in [0.15, 0.2) is 5.12 Å². The molecule has 2 atom stereocenters. The molecule has 0 saturated heterocycles. The summed E-state index contributed by atoms with van der Waals surface area (Å²) in [7, 11) is 0. The van der Waals surface area contributed by atoms with Crippen LogP contribution in [0.15, 0.2) is 35.2 Å². The van der Waals surface area contributed by atoms with Crippen molar-refractivity contribution in [1.82, 2.24) is 0 Å². The first-order valence-electron chi connectivity index (χ1n) is 5.10. The lowest BCUT2D eigenvalue weighted by Gasteiger charge is -2.14. The second-order valence-corrected chi connectivity index (χ2v) is 4.58. The standard InChI is InChI=1S/C12H16O2S/c1-3-11(13)9(2)12(14)15-10-7-5-4-6-8-10/h4-9,11,13H,3H2,1-2H3/t9-,11+/m0/s1. The van der Waals surface area contributed by atoms with E-state index >= 15 is 0 Å². The van der Waals surface area contributed by atoms with Crippen LogP contribution in [0.5, 0.6) is 0 Å². The molecular weight excluding hydrogens is 208 g/mol. The molecule has 1 aromatic rings. The van der Waals surface area contributed by atoms with Gasteiger partial charge in [-0.05, 0) is 18.6 Å². The first kappa shape index (κ1) is 12.3. The number of thioether (sulfide) groups is 1. The van der Waals surface area contributed by atoms with E-state index < -0.39 is 6.10 Å². The Morgan fingerprint density at radius 2 is 2.00 bits per heavy atom. The van der Waals surface area contributed by atoms with Gasteiger partial charge in [-0.1, -0.05) is 43.8 Å². The van der Waals surface area contributed by atoms with Crippen molar-refractivity contribution >= 4 is 16.9 Å². The summed E-state index contributed by atoms with van der Waals surface area (Å²) in [6.07, 6.45) is 0.0797. The van der Waals surface area contributed by atoms with E-state index in [9.17, 15) is 9.90 Å². The first-order chi connectivity index (χ1) is 7.15. The van der Waals surface area contributed by atoms with Gasteiger partial charge in [0, 0.05) is 4.90 Å². The Balaban J connectivity index is 2.56. The fourth-order valence-electron chi connectivity index (χ4n) is 1.21. The number of aliphatic hydroxyl groups is 1. The molecule has 0 bridgehead atoms. The first-order valence-corrected chi connectivity index (χ1v) is 5.91. The Hall–Kier alpha value is -0.800. The van der Waals surface area contributed by atoms with Crippen molar-refractivity contribution in [2.24, 2.45) is 5.92 Å². The maximum Gasteiger partial charge on any atom is 0.199 e. The second kappa shape index (κ2) is 5.93. The number of hydrogen-bond donors (Lipinski definition) is 1. The van der Waals surface area contributed by atoms with Gasteiger partial charge in [0.25, 0.3) is 0 Å². The lowest BCUT2D eigenvalue weighted by Crippen LogP contribution is -2.22. The smallest absolute Gasteiger partial charge is 0.199 e. The van der Waals surface area contributed by atoms with E-state index in [0.717, 1.165) is 4.90 Å². The predicted molar refractivity (Wildman–Crippen MR) is 62.8 cm³/mol. The summed E-state index contributed by atoms with van der Waals surface area (Å²) in [5.74, 6) is -0.305. The highest BCUT2D eigenvalue weighted by Crippen LogP contribution is 2.24. The Labute approximate surface area is 94.7 Å². The Bertz CT molecular complexity index is 311. The maximum absolute atomic E-state index is 11.7. The summed E-state index contributed by atoms with van der Waals surface area (Å²) in [5.41, 5.74) is 0. The lowest BCUT2D eigenvalue weighted by molar-refractivity contribution is -0.116. The molecule has 0 unspecified atom stereocenters. The van der Waals surface area contributed by atoms with Crippen LogP contribution in [-0.4, -0.2) is 16.3 Å². The molecule has 0 aliphatic carbocycles. The largest absolute Gasteiger partial charge is 0.392 e. The molecule has 0 saturated carbocycles. The Morgan fingerprint density at radius 3 is 2.53 bits per heavy atom. The number of hydrogen-bond acceptors (Lipinski definition) is 3. The SMILES string of the molecule is CC[C@@H](O)[C@H](C)C(=O)Sc1ccccc1. The van der Waals surface area contributed by atoms with Gasteiger partial charge in [-0.15, -0.1) is 0 Å². The number of aliphatic hydroxyl groups excluding tert-OH is 1. The zero-order valence-electron chi connectivity index (χ0n) is 9.01. The van der Waals surface area contributed by atoms with Crippen LogP contribution in [0.1, 0.15) is 20.3 Å². The fourth-order valence-corrected chi connectivity index (χ4v) is 2.08. The van der Waals surface area contributed by atoms with Crippen molar-refractivity contribution in [2.45, 2.75) is 31.3 Å². The molecule has 3 heteroatoms. The van der Waals surface area contributed by atoms with E-state index in [1.165, 1.54) is 11.8 Å². The summed E-state index contributed by atoms with van der Waals surface area (Å²) in [6, 6.07) is 9.51. The molecular formula is C12H16O2S. The van der Waals surface area contributed by atoms with E-state index in [0.29, 0.717) is 6.42 Å². The fraction of sp³-hybridized carbons (Fsp3) is 0.417. The minimum atomic E-state index is -0.534. The zero-order valence-corrected chi connectivity index (χ0v) is 9.83. The van der Waals surface area contributed by atoms with Gasteiger partial charge in [-0.3, -0.25) is 4.79 Å². The third-order valence-corrected chi connectivity index (χ3v) is 3.41. The van der Waals surface area contributed by atoms with E-state index in [1.54, 1.807) is 6.92 Å². The minimum Gasteiger partial charge on any atom is -0.392 e. The minimum absolute atomic E-state index is 0.0237. The molecule has 0 heterocycles. The molecule has 0 amide bonds. The summed E-state index contributed by atoms with van der Waals surface area (Å²) in [5, 5.41) is 9.56. The second-order valence-electron chi connectivity index (χ2n) is 3.50. The van der Waals surface area contributed by atoms with Gasteiger partial charge in [-0.2, -0.15) is 0 Å². The van der Waals surface area contributed by atoms with E-state index in [1.807, 2.05) is 37.3 Å². The highest BCUT2D eigenvalue weighted by atomic mass is 32.2. The van der Waals surface area contributed by atoms with Gasteiger partial charge in [0.05, 0.1) is 12.0 Å². The molecule has 1 rings (SSSR count). The van der Waals surface area contributed by atoms with Crippen LogP contribution in [0.25, 0.3) is 0 Å². The van der Waals surface area contributed by atoms with Crippen LogP contribution < -0.4 is 0 Å². The topological polar surface area (TPSA) is 37.3 Å². The quantitative estimate of drug-likeness (QED) is 0.799. The molecule has 0 aromatic heterocycles. The number of benzene rings is 1. The number of carbonyl (C=O) groups excluding carboxylic acids is 1. The summed E-state index contributed by atoms with van der Waals surface area (Å²) >= 11 is 1.20. The van der Waals surface area contributed by atoms with Gasteiger partial charge in [-0.25, -0.2) is 0 Å².